The Bertz CT molecular complexity index is 429. The van der Waals surface area contributed by atoms with Gasteiger partial charge in [0.25, 0.3) is 0 Å². The molecule has 0 radical (unpaired) electrons. The molecule has 2 atom stereocenters. The van der Waals surface area contributed by atoms with Crippen LogP contribution >= 0.6 is 21.6 Å². The molecule has 8 heteroatoms. The number of unbranched alkanes of at least 4 members (excludes halogenated alkanes) is 1. The van der Waals surface area contributed by atoms with Gasteiger partial charge in [-0.25, -0.2) is 0 Å². The summed E-state index contributed by atoms with van der Waals surface area (Å²) in [4.78, 5) is 34.7. The van der Waals surface area contributed by atoms with E-state index in [0.717, 1.165) is 18.1 Å². The molecule has 1 aliphatic rings. The van der Waals surface area contributed by atoms with Crippen molar-refractivity contribution in [3.8, 4) is 0 Å². The van der Waals surface area contributed by atoms with Gasteiger partial charge in [-0.3, -0.25) is 14.4 Å². The molecule has 0 bridgehead atoms. The predicted molar refractivity (Wildman–Crippen MR) is 103 cm³/mol. The van der Waals surface area contributed by atoms with E-state index in [0.29, 0.717) is 19.4 Å². The first kappa shape index (κ1) is 22.2. The van der Waals surface area contributed by atoms with Crippen molar-refractivity contribution in [1.82, 2.24) is 10.6 Å². The van der Waals surface area contributed by atoms with E-state index in [9.17, 15) is 14.4 Å². The monoisotopic (exact) mass is 390 g/mol. The molecule has 1 aliphatic heterocycles. The fourth-order valence-corrected chi connectivity index (χ4v) is 5.42. The van der Waals surface area contributed by atoms with Gasteiger partial charge in [-0.1, -0.05) is 34.9 Å². The average Bonchev–Trinajstić information content (AvgIpc) is 3.13. The van der Waals surface area contributed by atoms with Crippen molar-refractivity contribution in [1.29, 1.82) is 0 Å². The maximum absolute atomic E-state index is 11.9. The summed E-state index contributed by atoms with van der Waals surface area (Å²) in [6.07, 6.45) is 5.43. The van der Waals surface area contributed by atoms with Crippen LogP contribution in [0, 0.1) is 0 Å². The Hall–Kier alpha value is -0.890. The molecule has 2 unspecified atom stereocenters. The lowest BCUT2D eigenvalue weighted by Gasteiger charge is -2.17. The van der Waals surface area contributed by atoms with Crippen LogP contribution in [0.5, 0.6) is 0 Å². The molecule has 2 amide bonds. The number of ether oxygens (including phenoxy) is 1. The average molecular weight is 391 g/mol. The highest BCUT2D eigenvalue weighted by molar-refractivity contribution is 8.77. The van der Waals surface area contributed by atoms with Gasteiger partial charge < -0.3 is 15.4 Å². The standard InChI is InChI=1S/C17H30N2O4S2/c1-3-13(23-17(22)9-8-15(20)18-2)12-19-16(21)7-5-4-6-14-10-11-24-25-14/h13-14H,3-12H2,1-2H3,(H,18,20)(H,19,21). The molecule has 25 heavy (non-hydrogen) atoms. The van der Waals surface area contributed by atoms with E-state index in [-0.39, 0.29) is 30.8 Å². The van der Waals surface area contributed by atoms with E-state index in [1.165, 1.54) is 25.6 Å². The van der Waals surface area contributed by atoms with Crippen molar-refractivity contribution in [2.24, 2.45) is 0 Å². The summed E-state index contributed by atoms with van der Waals surface area (Å²) in [5.74, 6) is 0.661. The van der Waals surface area contributed by atoms with Crippen molar-refractivity contribution in [2.75, 3.05) is 19.3 Å². The molecule has 1 heterocycles. The van der Waals surface area contributed by atoms with Crippen LogP contribution in [0.2, 0.25) is 0 Å². The number of hydrogen-bond acceptors (Lipinski definition) is 6. The van der Waals surface area contributed by atoms with Crippen LogP contribution < -0.4 is 10.6 Å². The minimum absolute atomic E-state index is 0.00769. The highest BCUT2D eigenvalue weighted by Crippen LogP contribution is 2.39. The Balaban J connectivity index is 2.10. The van der Waals surface area contributed by atoms with Gasteiger partial charge in [0.15, 0.2) is 0 Å². The zero-order valence-electron chi connectivity index (χ0n) is 15.2. The van der Waals surface area contributed by atoms with Crippen molar-refractivity contribution >= 4 is 39.4 Å². The van der Waals surface area contributed by atoms with Crippen LogP contribution in [0.4, 0.5) is 0 Å². The van der Waals surface area contributed by atoms with Crippen LogP contribution in [-0.2, 0) is 19.1 Å². The van der Waals surface area contributed by atoms with Gasteiger partial charge in [-0.15, -0.1) is 0 Å². The first-order chi connectivity index (χ1) is 12.0. The van der Waals surface area contributed by atoms with E-state index in [4.69, 9.17) is 4.74 Å². The fourth-order valence-electron chi connectivity index (χ4n) is 2.39. The molecule has 6 nitrogen and oxygen atoms in total. The smallest absolute Gasteiger partial charge is 0.306 e. The number of nitrogens with one attached hydrogen (secondary N) is 2. The van der Waals surface area contributed by atoms with E-state index in [2.05, 4.69) is 10.6 Å². The molecular formula is C17H30N2O4S2. The Morgan fingerprint density at radius 1 is 1.16 bits per heavy atom. The van der Waals surface area contributed by atoms with Crippen LogP contribution in [0.25, 0.3) is 0 Å². The van der Waals surface area contributed by atoms with E-state index < -0.39 is 5.97 Å². The highest BCUT2D eigenvalue weighted by atomic mass is 33.1. The van der Waals surface area contributed by atoms with Gasteiger partial charge in [0, 0.05) is 30.9 Å². The van der Waals surface area contributed by atoms with Crippen molar-refractivity contribution in [3.63, 3.8) is 0 Å². The first-order valence-corrected chi connectivity index (χ1v) is 11.4. The largest absolute Gasteiger partial charge is 0.460 e. The summed E-state index contributed by atoms with van der Waals surface area (Å²) in [6.45, 7) is 2.23. The maximum atomic E-state index is 11.9. The maximum Gasteiger partial charge on any atom is 0.306 e. The minimum atomic E-state index is -0.406. The molecule has 1 saturated heterocycles. The van der Waals surface area contributed by atoms with Gasteiger partial charge >= 0.3 is 5.97 Å². The summed E-state index contributed by atoms with van der Waals surface area (Å²) in [6, 6.07) is 0. The molecule has 0 saturated carbocycles. The topological polar surface area (TPSA) is 84.5 Å². The second-order valence-corrected chi connectivity index (χ2v) is 8.86. The summed E-state index contributed by atoms with van der Waals surface area (Å²) < 4.78 is 5.30. The normalized spacial score (nSPS) is 17.8. The lowest BCUT2D eigenvalue weighted by Crippen LogP contribution is -2.34. The Morgan fingerprint density at radius 2 is 1.96 bits per heavy atom. The number of amides is 2. The fraction of sp³-hybridized carbons (Fsp3) is 0.824. The summed E-state index contributed by atoms with van der Waals surface area (Å²) in [5, 5.41) is 6.06. The number of esters is 1. The Morgan fingerprint density at radius 3 is 2.60 bits per heavy atom. The van der Waals surface area contributed by atoms with Gasteiger partial charge in [-0.2, -0.15) is 0 Å². The highest BCUT2D eigenvalue weighted by Gasteiger charge is 2.17. The molecule has 1 fully saturated rings. The van der Waals surface area contributed by atoms with E-state index in [1.807, 2.05) is 28.5 Å². The first-order valence-electron chi connectivity index (χ1n) is 9.00. The zero-order valence-corrected chi connectivity index (χ0v) is 16.8. The van der Waals surface area contributed by atoms with Gasteiger partial charge in [0.05, 0.1) is 13.0 Å². The minimum Gasteiger partial charge on any atom is -0.460 e. The van der Waals surface area contributed by atoms with Gasteiger partial charge in [-0.05, 0) is 25.7 Å². The van der Waals surface area contributed by atoms with Gasteiger partial charge in [0.1, 0.15) is 6.10 Å². The van der Waals surface area contributed by atoms with E-state index >= 15 is 0 Å². The number of carbonyl (C=O) groups is 3. The molecule has 0 aromatic carbocycles. The van der Waals surface area contributed by atoms with Crippen molar-refractivity contribution in [3.05, 3.63) is 0 Å². The third-order valence-electron chi connectivity index (χ3n) is 4.02. The van der Waals surface area contributed by atoms with Gasteiger partial charge in [0.2, 0.25) is 11.8 Å². The third kappa shape index (κ3) is 10.6. The Kier molecular flexibility index (Phi) is 11.8. The zero-order chi connectivity index (χ0) is 18.5. The molecular weight excluding hydrogens is 360 g/mol. The Labute approximate surface area is 158 Å². The van der Waals surface area contributed by atoms with E-state index in [1.54, 1.807) is 0 Å². The molecule has 0 spiro atoms. The van der Waals surface area contributed by atoms with Crippen LogP contribution in [0.15, 0.2) is 0 Å². The summed E-state index contributed by atoms with van der Waals surface area (Å²) in [7, 11) is 5.45. The van der Waals surface area contributed by atoms with Crippen LogP contribution in [-0.4, -0.2) is 48.5 Å². The number of hydrogen-bond donors (Lipinski definition) is 2. The summed E-state index contributed by atoms with van der Waals surface area (Å²) >= 11 is 0. The quantitative estimate of drug-likeness (QED) is 0.303. The molecule has 2 N–H and O–H groups in total. The SMILES string of the molecule is CCC(CNC(=O)CCCCC1CCSS1)OC(=O)CCC(=O)NC. The molecule has 144 valence electrons. The van der Waals surface area contributed by atoms with Crippen molar-refractivity contribution < 1.29 is 19.1 Å². The predicted octanol–water partition coefficient (Wildman–Crippen LogP) is 2.66. The molecule has 0 aromatic rings. The molecule has 0 aromatic heterocycles. The number of rotatable bonds is 12. The van der Waals surface area contributed by atoms with Crippen molar-refractivity contribution in [2.45, 2.75) is 69.6 Å². The lowest BCUT2D eigenvalue weighted by molar-refractivity contribution is -0.150. The molecule has 0 aliphatic carbocycles. The third-order valence-corrected chi connectivity index (χ3v) is 7.03. The second kappa shape index (κ2) is 13.3. The molecule has 1 rings (SSSR count). The van der Waals surface area contributed by atoms with Crippen LogP contribution in [0.3, 0.4) is 0 Å². The lowest BCUT2D eigenvalue weighted by atomic mass is 10.1. The van der Waals surface area contributed by atoms with Crippen LogP contribution in [0.1, 0.15) is 58.3 Å². The number of carbonyl (C=O) groups excluding carboxylic acids is 3. The second-order valence-electron chi connectivity index (χ2n) is 6.07. The summed E-state index contributed by atoms with van der Waals surface area (Å²) in [5.41, 5.74) is 0.